The molecule has 9 aromatic rings. The Morgan fingerprint density at radius 1 is 0.491 bits per heavy atom. The van der Waals surface area contributed by atoms with Crippen LogP contribution in [0.5, 0.6) is 0 Å². The van der Waals surface area contributed by atoms with E-state index in [-0.39, 0.29) is 0 Å². The Kier molecular flexibility index (Phi) is 6.86. The van der Waals surface area contributed by atoms with Gasteiger partial charge in [-0.25, -0.2) is 9.97 Å². The molecule has 0 aliphatic heterocycles. The van der Waals surface area contributed by atoms with Crippen LogP contribution in [0.4, 0.5) is 0 Å². The zero-order chi connectivity index (χ0) is 36.7. The van der Waals surface area contributed by atoms with E-state index < -0.39 is 5.41 Å². The molecule has 2 heterocycles. The van der Waals surface area contributed by atoms with Crippen molar-refractivity contribution >= 4 is 27.1 Å². The van der Waals surface area contributed by atoms with Crippen molar-refractivity contribution in [2.24, 2.45) is 0 Å². The second-order valence-corrected chi connectivity index (χ2v) is 14.5. The van der Waals surface area contributed by atoms with Crippen LogP contribution in [0.25, 0.3) is 83.4 Å². The Hall–Kier alpha value is -7.04. The van der Waals surface area contributed by atoms with E-state index in [1.165, 1.54) is 77.2 Å². The van der Waals surface area contributed by atoms with Crippen LogP contribution >= 0.6 is 0 Å². The Morgan fingerprint density at radius 3 is 1.49 bits per heavy atom. The number of hydrogen-bond acceptors (Lipinski definition) is 4. The smallest absolute Gasteiger partial charge is 0.225 e. The van der Waals surface area contributed by atoms with Crippen molar-refractivity contribution in [3.05, 3.63) is 198 Å². The van der Waals surface area contributed by atoms with E-state index in [4.69, 9.17) is 8.83 Å². The van der Waals surface area contributed by atoms with Crippen LogP contribution < -0.4 is 0 Å². The van der Waals surface area contributed by atoms with E-state index in [0.717, 1.165) is 22.3 Å². The Bertz CT molecular complexity index is 2890. The summed E-state index contributed by atoms with van der Waals surface area (Å²) >= 11 is 0. The van der Waals surface area contributed by atoms with Crippen molar-refractivity contribution in [1.29, 1.82) is 0 Å². The molecule has 2 aromatic heterocycles. The van der Waals surface area contributed by atoms with Gasteiger partial charge in [0.15, 0.2) is 0 Å². The maximum atomic E-state index is 5.76. The first-order chi connectivity index (χ1) is 27.2. The first-order valence-electron chi connectivity index (χ1n) is 18.7. The third kappa shape index (κ3) is 4.40. The number of oxazole rings is 2. The Labute approximate surface area is 318 Å². The summed E-state index contributed by atoms with van der Waals surface area (Å²) in [5.41, 5.74) is 16.4. The minimum Gasteiger partial charge on any atom is -0.445 e. The number of fused-ring (bicyclic) bond motifs is 11. The van der Waals surface area contributed by atoms with Crippen LogP contribution in [-0.2, 0) is 5.41 Å². The van der Waals surface area contributed by atoms with Gasteiger partial charge in [-0.15, -0.1) is 0 Å². The molecule has 0 radical (unpaired) electrons. The molecule has 0 unspecified atom stereocenters. The van der Waals surface area contributed by atoms with Gasteiger partial charge in [0.2, 0.25) is 11.8 Å². The highest BCUT2D eigenvalue weighted by atomic mass is 16.3. The van der Waals surface area contributed by atoms with Gasteiger partial charge in [-0.1, -0.05) is 109 Å². The summed E-state index contributed by atoms with van der Waals surface area (Å²) in [6.45, 7) is 4.47. The lowest BCUT2D eigenvalue weighted by molar-refractivity contribution is 0.574. The van der Waals surface area contributed by atoms with E-state index in [9.17, 15) is 0 Å². The molecule has 0 N–H and O–H groups in total. The number of hydrogen-bond donors (Lipinski definition) is 0. The predicted octanol–water partition coefficient (Wildman–Crippen LogP) is 13.3. The standard InChI is InChI=1S/C51H34N2O2/c1-3-12-36-31(2)51(44-22-9-8-19-39(36)44)45-29-42(32-13-10-15-34(27-32)49-52-23-25-54-49)37-17-4-6-20-40(37)47(45)48-41-21-7-5-18-38(41)43(30-46(48)51)33-14-11-16-35(28-33)50-53-24-26-55-50/h3-30H,1-2H3/b12-3-. The average molecular weight is 707 g/mol. The van der Waals surface area contributed by atoms with E-state index in [1.54, 1.807) is 24.9 Å². The molecule has 2 aliphatic carbocycles. The van der Waals surface area contributed by atoms with Gasteiger partial charge < -0.3 is 8.83 Å². The Balaban J connectivity index is 1.30. The molecule has 0 atom stereocenters. The van der Waals surface area contributed by atoms with Crippen LogP contribution in [0.3, 0.4) is 0 Å². The topological polar surface area (TPSA) is 52.1 Å². The normalized spacial score (nSPS) is 14.0. The van der Waals surface area contributed by atoms with Crippen molar-refractivity contribution in [2.45, 2.75) is 19.3 Å². The molecule has 0 saturated heterocycles. The molecular formula is C51H34N2O2. The fourth-order valence-corrected chi connectivity index (χ4v) is 9.60. The molecule has 1 spiro atoms. The van der Waals surface area contributed by atoms with E-state index >= 15 is 0 Å². The zero-order valence-electron chi connectivity index (χ0n) is 30.4. The largest absolute Gasteiger partial charge is 0.445 e. The van der Waals surface area contributed by atoms with Gasteiger partial charge in [0.05, 0.1) is 17.8 Å². The summed E-state index contributed by atoms with van der Waals surface area (Å²) in [5.74, 6) is 1.23. The molecule has 0 fully saturated rings. The second kappa shape index (κ2) is 12.0. The monoisotopic (exact) mass is 706 g/mol. The fraction of sp³-hybridized carbons (Fsp3) is 0.0588. The van der Waals surface area contributed by atoms with Gasteiger partial charge in [0.1, 0.15) is 12.5 Å². The van der Waals surface area contributed by atoms with Crippen LogP contribution in [-0.4, -0.2) is 9.97 Å². The minimum atomic E-state index is -0.548. The highest BCUT2D eigenvalue weighted by Gasteiger charge is 2.52. The van der Waals surface area contributed by atoms with E-state index in [0.29, 0.717) is 11.8 Å². The van der Waals surface area contributed by atoms with Gasteiger partial charge in [-0.05, 0) is 139 Å². The van der Waals surface area contributed by atoms with Gasteiger partial charge in [-0.2, -0.15) is 0 Å². The highest BCUT2D eigenvalue weighted by molar-refractivity contribution is 6.18. The summed E-state index contributed by atoms with van der Waals surface area (Å²) in [5, 5.41) is 4.90. The van der Waals surface area contributed by atoms with Crippen LogP contribution in [0, 0.1) is 0 Å². The van der Waals surface area contributed by atoms with Crippen LogP contribution in [0.15, 0.2) is 185 Å². The molecule has 55 heavy (non-hydrogen) atoms. The lowest BCUT2D eigenvalue weighted by Crippen LogP contribution is -2.26. The number of aromatic nitrogens is 2. The van der Waals surface area contributed by atoms with Crippen molar-refractivity contribution in [2.75, 3.05) is 0 Å². The fourth-order valence-electron chi connectivity index (χ4n) is 9.60. The third-order valence-corrected chi connectivity index (χ3v) is 11.8. The van der Waals surface area contributed by atoms with Crippen molar-refractivity contribution < 1.29 is 8.83 Å². The maximum Gasteiger partial charge on any atom is 0.225 e. The molecule has 7 aromatic carbocycles. The summed E-state index contributed by atoms with van der Waals surface area (Å²) in [6, 6.07) is 49.0. The average Bonchev–Trinajstić information content (AvgIpc) is 4.06. The van der Waals surface area contributed by atoms with Crippen molar-refractivity contribution in [3.63, 3.8) is 0 Å². The number of nitrogens with zero attached hydrogens (tertiary/aromatic N) is 2. The van der Waals surface area contributed by atoms with Gasteiger partial charge >= 0.3 is 0 Å². The lowest BCUT2D eigenvalue weighted by atomic mass is 9.69. The van der Waals surface area contributed by atoms with Crippen LogP contribution in [0.2, 0.25) is 0 Å². The molecule has 0 saturated carbocycles. The minimum absolute atomic E-state index is 0.548. The quantitative estimate of drug-likeness (QED) is 0.179. The number of rotatable bonds is 5. The molecule has 2 aliphatic rings. The SMILES string of the molecule is C/C=C\C1=C(C)C2(c3ccccc31)c1cc(-c3cccc(-c4ncco4)c3)c3ccccc3c1-c1c2cc(-c2cccc(-c3ncco3)c2)c2ccccc12. The Morgan fingerprint density at radius 2 is 0.982 bits per heavy atom. The van der Waals surface area contributed by atoms with Gasteiger partial charge in [-0.3, -0.25) is 0 Å². The first kappa shape index (κ1) is 31.5. The van der Waals surface area contributed by atoms with Crippen molar-refractivity contribution in [3.8, 4) is 56.3 Å². The van der Waals surface area contributed by atoms with Crippen LogP contribution in [0.1, 0.15) is 36.1 Å². The molecular weight excluding hydrogens is 673 g/mol. The summed E-state index contributed by atoms with van der Waals surface area (Å²) in [4.78, 5) is 8.96. The molecule has 11 rings (SSSR count). The van der Waals surface area contributed by atoms with Gasteiger partial charge in [0.25, 0.3) is 0 Å². The second-order valence-electron chi connectivity index (χ2n) is 14.5. The summed E-state index contributed by atoms with van der Waals surface area (Å²) in [7, 11) is 0. The summed E-state index contributed by atoms with van der Waals surface area (Å²) < 4.78 is 11.5. The third-order valence-electron chi connectivity index (χ3n) is 11.8. The summed E-state index contributed by atoms with van der Waals surface area (Å²) in [6.07, 6.45) is 11.1. The highest BCUT2D eigenvalue weighted by Crippen LogP contribution is 2.65. The maximum absolute atomic E-state index is 5.76. The van der Waals surface area contributed by atoms with E-state index in [1.807, 2.05) is 0 Å². The lowest BCUT2D eigenvalue weighted by Gasteiger charge is -2.32. The first-order valence-corrected chi connectivity index (χ1v) is 18.7. The molecule has 260 valence electrons. The van der Waals surface area contributed by atoms with Crippen molar-refractivity contribution in [1.82, 2.24) is 9.97 Å². The zero-order valence-corrected chi connectivity index (χ0v) is 30.4. The number of allylic oxidation sites excluding steroid dienone is 4. The molecule has 4 nitrogen and oxygen atoms in total. The van der Waals surface area contributed by atoms with E-state index in [2.05, 4.69) is 169 Å². The van der Waals surface area contributed by atoms with Gasteiger partial charge in [0, 0.05) is 11.1 Å². The molecule has 4 heteroatoms. The molecule has 0 amide bonds. The molecule has 0 bridgehead atoms. The number of benzene rings is 7. The predicted molar refractivity (Wildman–Crippen MR) is 222 cm³/mol.